The maximum Gasteiger partial charge on any atom is 0.249 e. The summed E-state index contributed by atoms with van der Waals surface area (Å²) in [5.74, 6) is -0.708. The molecule has 424 valence electrons. The van der Waals surface area contributed by atoms with E-state index in [4.69, 9.17) is 9.47 Å². The number of allylic oxidation sites excluding steroid dienone is 6. The zero-order valence-electron chi connectivity index (χ0n) is 46.4. The van der Waals surface area contributed by atoms with Gasteiger partial charge in [0.05, 0.1) is 25.4 Å². The average molecular weight is 1020 g/mol. The quantitative estimate of drug-likeness (QED) is 0.0165. The highest BCUT2D eigenvalue weighted by atomic mass is 16.7. The molecular formula is C61H115NO10. The minimum absolute atomic E-state index is 0.248. The van der Waals surface area contributed by atoms with Crippen LogP contribution in [0.15, 0.2) is 36.5 Å². The fourth-order valence-electron chi connectivity index (χ4n) is 9.73. The molecule has 8 N–H and O–H groups in total. The first kappa shape index (κ1) is 68.3. The number of hydrogen-bond donors (Lipinski definition) is 8. The van der Waals surface area contributed by atoms with Crippen LogP contribution in [0.4, 0.5) is 0 Å². The van der Waals surface area contributed by atoms with Crippen molar-refractivity contribution in [3.63, 3.8) is 0 Å². The van der Waals surface area contributed by atoms with Gasteiger partial charge in [-0.15, -0.1) is 0 Å². The molecule has 0 aromatic heterocycles. The fourth-order valence-corrected chi connectivity index (χ4v) is 9.73. The summed E-state index contributed by atoms with van der Waals surface area (Å²) >= 11 is 0. The van der Waals surface area contributed by atoms with Crippen molar-refractivity contribution in [1.82, 2.24) is 5.32 Å². The highest BCUT2D eigenvalue weighted by Gasteiger charge is 2.44. The van der Waals surface area contributed by atoms with Gasteiger partial charge in [0.2, 0.25) is 5.91 Å². The van der Waals surface area contributed by atoms with E-state index in [0.717, 1.165) is 44.9 Å². The lowest BCUT2D eigenvalue weighted by molar-refractivity contribution is -0.303. The van der Waals surface area contributed by atoms with Gasteiger partial charge in [-0.3, -0.25) is 4.79 Å². The third-order valence-corrected chi connectivity index (χ3v) is 14.7. The van der Waals surface area contributed by atoms with Gasteiger partial charge in [0, 0.05) is 0 Å². The van der Waals surface area contributed by atoms with Crippen molar-refractivity contribution in [2.45, 2.75) is 332 Å². The van der Waals surface area contributed by atoms with Crippen molar-refractivity contribution >= 4 is 5.91 Å². The molecule has 11 heteroatoms. The molecule has 1 amide bonds. The lowest BCUT2D eigenvalue weighted by Gasteiger charge is -2.40. The smallest absolute Gasteiger partial charge is 0.249 e. The predicted molar refractivity (Wildman–Crippen MR) is 298 cm³/mol. The van der Waals surface area contributed by atoms with Gasteiger partial charge < -0.3 is 50.5 Å². The Morgan fingerprint density at radius 3 is 1.31 bits per heavy atom. The highest BCUT2D eigenvalue weighted by molar-refractivity contribution is 5.80. The molecule has 0 bridgehead atoms. The number of ether oxygens (including phenoxy) is 2. The van der Waals surface area contributed by atoms with E-state index in [1.807, 2.05) is 0 Å². The second-order valence-corrected chi connectivity index (χ2v) is 21.4. The van der Waals surface area contributed by atoms with E-state index < -0.39 is 74.2 Å². The van der Waals surface area contributed by atoms with Crippen LogP contribution in [0.1, 0.15) is 277 Å². The largest absolute Gasteiger partial charge is 0.394 e. The second kappa shape index (κ2) is 50.2. The number of carbonyl (C=O) groups excluding carboxylic acids is 1. The standard InChI is InChI=1S/C61H115NO10/c1-3-5-7-9-11-13-15-17-19-21-23-24-25-26-27-28-29-30-31-33-34-36-38-40-42-44-46-48-53(64)56(66)52(51-71-61-59(69)58(68)57(67)55(50-63)72-61)62-60(70)54(65)49-47-45-43-41-39-37-35-32-22-20-18-16-14-12-10-8-6-4-2/h12,14,16,18,40,42,52-59,61,63-69H,3-11,13,15,17,19-39,41,43-51H2,1-2H3,(H,62,70)/b14-12-,18-16-,42-40+. The number of unbranched alkanes of at least 4 members (excludes halogenated alkanes) is 35. The van der Waals surface area contributed by atoms with Gasteiger partial charge >= 0.3 is 0 Å². The molecule has 0 radical (unpaired) electrons. The summed E-state index contributed by atoms with van der Waals surface area (Å²) in [4.78, 5) is 13.2. The summed E-state index contributed by atoms with van der Waals surface area (Å²) in [7, 11) is 0. The summed E-state index contributed by atoms with van der Waals surface area (Å²) in [6.45, 7) is 3.44. The molecule has 72 heavy (non-hydrogen) atoms. The van der Waals surface area contributed by atoms with Crippen LogP contribution in [0.3, 0.4) is 0 Å². The van der Waals surface area contributed by atoms with E-state index in [1.165, 1.54) is 193 Å². The Bertz CT molecular complexity index is 1260. The van der Waals surface area contributed by atoms with Crippen molar-refractivity contribution < 1.29 is 50.0 Å². The van der Waals surface area contributed by atoms with Crippen LogP contribution in [0.2, 0.25) is 0 Å². The zero-order chi connectivity index (χ0) is 52.5. The Kier molecular flexibility index (Phi) is 47.6. The average Bonchev–Trinajstić information content (AvgIpc) is 3.38. The Balaban J connectivity index is 2.29. The van der Waals surface area contributed by atoms with Crippen LogP contribution < -0.4 is 5.32 Å². The van der Waals surface area contributed by atoms with Gasteiger partial charge in [-0.25, -0.2) is 0 Å². The molecular weight excluding hydrogens is 907 g/mol. The van der Waals surface area contributed by atoms with Gasteiger partial charge in [-0.1, -0.05) is 249 Å². The van der Waals surface area contributed by atoms with Gasteiger partial charge in [-0.2, -0.15) is 0 Å². The maximum absolute atomic E-state index is 13.2. The van der Waals surface area contributed by atoms with Gasteiger partial charge in [0.25, 0.3) is 0 Å². The number of nitrogens with one attached hydrogen (secondary N) is 1. The van der Waals surface area contributed by atoms with Crippen molar-refractivity contribution in [3.05, 3.63) is 36.5 Å². The van der Waals surface area contributed by atoms with Gasteiger partial charge in [0.1, 0.15) is 36.6 Å². The minimum atomic E-state index is -1.67. The van der Waals surface area contributed by atoms with E-state index in [2.05, 4.69) is 55.6 Å². The van der Waals surface area contributed by atoms with Crippen molar-refractivity contribution in [1.29, 1.82) is 0 Å². The van der Waals surface area contributed by atoms with E-state index >= 15 is 0 Å². The van der Waals surface area contributed by atoms with E-state index in [-0.39, 0.29) is 12.8 Å². The Labute approximate surface area is 441 Å². The summed E-state index contributed by atoms with van der Waals surface area (Å²) in [5, 5.41) is 76.2. The van der Waals surface area contributed by atoms with Crippen LogP contribution in [-0.4, -0.2) is 110 Å². The third kappa shape index (κ3) is 38.0. The topological polar surface area (TPSA) is 189 Å². The Morgan fingerprint density at radius 2 is 0.861 bits per heavy atom. The lowest BCUT2D eigenvalue weighted by atomic mass is 9.98. The number of rotatable bonds is 52. The maximum atomic E-state index is 13.2. The zero-order valence-corrected chi connectivity index (χ0v) is 46.4. The van der Waals surface area contributed by atoms with Gasteiger partial charge in [0.15, 0.2) is 6.29 Å². The number of aliphatic hydroxyl groups is 7. The fraction of sp³-hybridized carbons (Fsp3) is 0.885. The first-order valence-corrected chi connectivity index (χ1v) is 30.4. The predicted octanol–water partition coefficient (Wildman–Crippen LogP) is 13.1. The summed E-state index contributed by atoms with van der Waals surface area (Å²) in [6, 6.07) is -1.19. The minimum Gasteiger partial charge on any atom is -0.394 e. The summed E-state index contributed by atoms with van der Waals surface area (Å²) in [5.41, 5.74) is 0. The van der Waals surface area contributed by atoms with Crippen LogP contribution in [0.5, 0.6) is 0 Å². The molecule has 1 aliphatic heterocycles. The second-order valence-electron chi connectivity index (χ2n) is 21.4. The van der Waals surface area contributed by atoms with Crippen molar-refractivity contribution in [2.75, 3.05) is 13.2 Å². The molecule has 9 unspecified atom stereocenters. The normalized spacial score (nSPS) is 20.3. The van der Waals surface area contributed by atoms with Crippen molar-refractivity contribution in [3.8, 4) is 0 Å². The molecule has 0 aliphatic carbocycles. The molecule has 0 aromatic rings. The monoisotopic (exact) mass is 1020 g/mol. The molecule has 0 saturated carbocycles. The van der Waals surface area contributed by atoms with Crippen LogP contribution in [-0.2, 0) is 14.3 Å². The van der Waals surface area contributed by atoms with Crippen LogP contribution in [0.25, 0.3) is 0 Å². The molecule has 0 aromatic carbocycles. The molecule has 1 aliphatic rings. The number of aliphatic hydroxyl groups excluding tert-OH is 7. The van der Waals surface area contributed by atoms with Crippen molar-refractivity contribution in [2.24, 2.45) is 0 Å². The molecule has 1 heterocycles. The molecule has 11 nitrogen and oxygen atoms in total. The highest BCUT2D eigenvalue weighted by Crippen LogP contribution is 2.23. The number of amides is 1. The first-order chi connectivity index (χ1) is 35.2. The number of hydrogen-bond acceptors (Lipinski definition) is 10. The lowest BCUT2D eigenvalue weighted by Crippen LogP contribution is -2.60. The molecule has 1 saturated heterocycles. The van der Waals surface area contributed by atoms with Crippen LogP contribution >= 0.6 is 0 Å². The summed E-state index contributed by atoms with van der Waals surface area (Å²) < 4.78 is 11.1. The Hall–Kier alpha value is -1.67. The van der Waals surface area contributed by atoms with Gasteiger partial charge in [-0.05, 0) is 64.2 Å². The van der Waals surface area contributed by atoms with Crippen LogP contribution in [0, 0.1) is 0 Å². The SMILES string of the molecule is CCCCC/C=C\C=C/CCCCCCCCCCCC(O)C(=O)NC(COC1OC(CO)C(O)C(O)C1O)C(O)C(O)CCC/C=C/CCCCCCCCCCCCCCCCCCCCCCCC. The third-order valence-electron chi connectivity index (χ3n) is 14.7. The summed E-state index contributed by atoms with van der Waals surface area (Å²) in [6.07, 6.45) is 50.6. The van der Waals surface area contributed by atoms with E-state index in [1.54, 1.807) is 0 Å². The van der Waals surface area contributed by atoms with E-state index in [9.17, 15) is 40.5 Å². The molecule has 1 rings (SSSR count). The number of carbonyl (C=O) groups is 1. The molecule has 1 fully saturated rings. The molecule has 0 spiro atoms. The Morgan fingerprint density at radius 1 is 0.486 bits per heavy atom. The molecule has 9 atom stereocenters. The first-order valence-electron chi connectivity index (χ1n) is 30.4. The van der Waals surface area contributed by atoms with E-state index in [0.29, 0.717) is 12.8 Å².